The molecule has 2 atom stereocenters. The number of carbonyl (C=O) groups excluding carboxylic acids is 2. The summed E-state index contributed by atoms with van der Waals surface area (Å²) in [6.07, 6.45) is -0.504. The third kappa shape index (κ3) is 3.28. The Morgan fingerprint density at radius 2 is 2.20 bits per heavy atom. The van der Waals surface area contributed by atoms with E-state index < -0.39 is 18.0 Å². The quantitative estimate of drug-likeness (QED) is 0.495. The summed E-state index contributed by atoms with van der Waals surface area (Å²) >= 11 is 0. The van der Waals surface area contributed by atoms with Crippen molar-refractivity contribution < 1.29 is 23.8 Å². The Labute approximate surface area is 88.7 Å². The molecule has 1 aliphatic heterocycles. The molecule has 0 aromatic carbocycles. The number of Topliss-reactive ketones (excluding diaryl/α,β-unsaturated/α-hetero) is 1. The monoisotopic (exact) mass is 216 g/mol. The average Bonchev–Trinajstić information content (AvgIpc) is 2.19. The van der Waals surface area contributed by atoms with E-state index in [1.807, 2.05) is 0 Å². The van der Waals surface area contributed by atoms with Gasteiger partial charge in [-0.3, -0.25) is 9.59 Å². The van der Waals surface area contributed by atoms with Crippen LogP contribution in [0.4, 0.5) is 0 Å². The summed E-state index contributed by atoms with van der Waals surface area (Å²) in [5, 5.41) is 0. The zero-order chi connectivity index (χ0) is 11.3. The summed E-state index contributed by atoms with van der Waals surface area (Å²) in [6.45, 7) is 4.50. The predicted octanol–water partition coefficient (Wildman–Crippen LogP) is 0.170. The molecule has 86 valence electrons. The van der Waals surface area contributed by atoms with E-state index in [9.17, 15) is 9.59 Å². The van der Waals surface area contributed by atoms with Crippen molar-refractivity contribution in [3.05, 3.63) is 0 Å². The van der Waals surface area contributed by atoms with Crippen LogP contribution in [-0.2, 0) is 23.8 Å². The standard InChI is InChI=1S/C10H16O5/c1-3-14-10(12)9(7(2)11)8-6-13-4-5-15-8/h8-9H,3-6H2,1-2H3. The number of rotatable bonds is 4. The molecule has 1 aliphatic rings. The maximum atomic E-state index is 11.5. The van der Waals surface area contributed by atoms with Crippen molar-refractivity contribution in [3.8, 4) is 0 Å². The third-order valence-electron chi connectivity index (χ3n) is 2.19. The number of esters is 1. The van der Waals surface area contributed by atoms with E-state index in [0.717, 1.165) is 0 Å². The number of hydrogen-bond donors (Lipinski definition) is 0. The van der Waals surface area contributed by atoms with Crippen LogP contribution in [0, 0.1) is 5.92 Å². The summed E-state index contributed by atoms with van der Waals surface area (Å²) in [5.74, 6) is -1.63. The van der Waals surface area contributed by atoms with E-state index in [-0.39, 0.29) is 19.0 Å². The highest BCUT2D eigenvalue weighted by atomic mass is 16.6. The molecular formula is C10H16O5. The van der Waals surface area contributed by atoms with Gasteiger partial charge in [-0.2, -0.15) is 0 Å². The van der Waals surface area contributed by atoms with E-state index in [2.05, 4.69) is 0 Å². The smallest absolute Gasteiger partial charge is 0.319 e. The van der Waals surface area contributed by atoms with Crippen LogP contribution in [0.15, 0.2) is 0 Å². The zero-order valence-corrected chi connectivity index (χ0v) is 9.02. The first kappa shape index (κ1) is 12.1. The van der Waals surface area contributed by atoms with Crippen LogP contribution < -0.4 is 0 Å². The van der Waals surface area contributed by atoms with Crippen LogP contribution in [-0.4, -0.2) is 44.3 Å². The summed E-state index contributed by atoms with van der Waals surface area (Å²) in [5.41, 5.74) is 0. The number of ether oxygens (including phenoxy) is 3. The molecule has 1 saturated heterocycles. The summed E-state index contributed by atoms with van der Waals surface area (Å²) in [7, 11) is 0. The van der Waals surface area contributed by atoms with Gasteiger partial charge < -0.3 is 14.2 Å². The molecular weight excluding hydrogens is 200 g/mol. The van der Waals surface area contributed by atoms with Gasteiger partial charge in [0, 0.05) is 0 Å². The zero-order valence-electron chi connectivity index (χ0n) is 9.02. The van der Waals surface area contributed by atoms with E-state index in [1.54, 1.807) is 6.92 Å². The highest BCUT2D eigenvalue weighted by Gasteiger charge is 2.35. The van der Waals surface area contributed by atoms with Gasteiger partial charge in [-0.15, -0.1) is 0 Å². The Morgan fingerprint density at radius 3 is 2.67 bits per heavy atom. The molecule has 5 heteroatoms. The minimum Gasteiger partial charge on any atom is -0.465 e. The van der Waals surface area contributed by atoms with Crippen molar-refractivity contribution >= 4 is 11.8 Å². The van der Waals surface area contributed by atoms with Crippen molar-refractivity contribution in [1.29, 1.82) is 0 Å². The van der Waals surface area contributed by atoms with Gasteiger partial charge >= 0.3 is 5.97 Å². The van der Waals surface area contributed by atoms with Crippen LogP contribution >= 0.6 is 0 Å². The van der Waals surface area contributed by atoms with E-state index in [1.165, 1.54) is 6.92 Å². The van der Waals surface area contributed by atoms with Crippen LogP contribution in [0.2, 0.25) is 0 Å². The SMILES string of the molecule is CCOC(=O)C(C(C)=O)C1COCCO1. The normalized spacial score (nSPS) is 23.2. The topological polar surface area (TPSA) is 61.8 Å². The highest BCUT2D eigenvalue weighted by molar-refractivity contribution is 5.98. The van der Waals surface area contributed by atoms with Crippen molar-refractivity contribution in [2.24, 2.45) is 5.92 Å². The largest absolute Gasteiger partial charge is 0.465 e. The van der Waals surface area contributed by atoms with Gasteiger partial charge in [0.15, 0.2) is 0 Å². The van der Waals surface area contributed by atoms with Gasteiger partial charge in [0.05, 0.1) is 26.4 Å². The molecule has 1 rings (SSSR count). The maximum Gasteiger partial charge on any atom is 0.319 e. The maximum absolute atomic E-state index is 11.5. The second-order valence-corrected chi connectivity index (χ2v) is 3.32. The van der Waals surface area contributed by atoms with E-state index >= 15 is 0 Å². The molecule has 1 heterocycles. The fourth-order valence-electron chi connectivity index (χ4n) is 1.51. The van der Waals surface area contributed by atoms with Gasteiger partial charge in [-0.25, -0.2) is 0 Å². The summed E-state index contributed by atoms with van der Waals surface area (Å²) in [6, 6.07) is 0. The lowest BCUT2D eigenvalue weighted by atomic mass is 9.98. The average molecular weight is 216 g/mol. The fourth-order valence-corrected chi connectivity index (χ4v) is 1.51. The number of carbonyl (C=O) groups is 2. The van der Waals surface area contributed by atoms with E-state index in [0.29, 0.717) is 13.2 Å². The van der Waals surface area contributed by atoms with Crippen molar-refractivity contribution in [3.63, 3.8) is 0 Å². The van der Waals surface area contributed by atoms with Crippen molar-refractivity contribution in [1.82, 2.24) is 0 Å². The predicted molar refractivity (Wildman–Crippen MR) is 51.4 cm³/mol. The molecule has 0 spiro atoms. The fraction of sp³-hybridized carbons (Fsp3) is 0.800. The van der Waals surface area contributed by atoms with Crippen LogP contribution in [0.5, 0.6) is 0 Å². The first-order valence-electron chi connectivity index (χ1n) is 5.03. The molecule has 5 nitrogen and oxygen atoms in total. The van der Waals surface area contributed by atoms with Crippen molar-refractivity contribution in [2.75, 3.05) is 26.4 Å². The first-order valence-corrected chi connectivity index (χ1v) is 5.03. The van der Waals surface area contributed by atoms with E-state index in [4.69, 9.17) is 14.2 Å². The molecule has 0 bridgehead atoms. The van der Waals surface area contributed by atoms with Gasteiger partial charge in [-0.1, -0.05) is 0 Å². The molecule has 0 aromatic heterocycles. The lowest BCUT2D eigenvalue weighted by molar-refractivity contribution is -0.167. The second kappa shape index (κ2) is 5.82. The Morgan fingerprint density at radius 1 is 1.47 bits per heavy atom. The molecule has 0 aliphatic carbocycles. The molecule has 0 aromatic rings. The van der Waals surface area contributed by atoms with Gasteiger partial charge in [-0.05, 0) is 13.8 Å². The first-order chi connectivity index (χ1) is 7.16. The molecule has 0 N–H and O–H groups in total. The Hall–Kier alpha value is -0.940. The minimum atomic E-state index is -0.856. The molecule has 0 radical (unpaired) electrons. The van der Waals surface area contributed by atoms with Gasteiger partial charge in [0.25, 0.3) is 0 Å². The van der Waals surface area contributed by atoms with Crippen molar-refractivity contribution in [2.45, 2.75) is 20.0 Å². The van der Waals surface area contributed by atoms with Crippen LogP contribution in [0.1, 0.15) is 13.8 Å². The summed E-state index contributed by atoms with van der Waals surface area (Å²) in [4.78, 5) is 22.8. The number of ketones is 1. The second-order valence-electron chi connectivity index (χ2n) is 3.32. The molecule has 15 heavy (non-hydrogen) atoms. The third-order valence-corrected chi connectivity index (χ3v) is 2.19. The molecule has 1 fully saturated rings. The Bertz CT molecular complexity index is 232. The lowest BCUT2D eigenvalue weighted by Gasteiger charge is -2.27. The minimum absolute atomic E-state index is 0.246. The van der Waals surface area contributed by atoms with Gasteiger partial charge in [0.2, 0.25) is 0 Å². The Kier molecular flexibility index (Phi) is 4.71. The molecule has 0 saturated carbocycles. The van der Waals surface area contributed by atoms with Crippen LogP contribution in [0.25, 0.3) is 0 Å². The number of hydrogen-bond acceptors (Lipinski definition) is 5. The summed E-state index contributed by atoms with van der Waals surface area (Å²) < 4.78 is 15.3. The molecule has 2 unspecified atom stereocenters. The lowest BCUT2D eigenvalue weighted by Crippen LogP contribution is -2.43. The van der Waals surface area contributed by atoms with Crippen LogP contribution in [0.3, 0.4) is 0 Å². The molecule has 0 amide bonds. The Balaban J connectivity index is 2.63. The highest BCUT2D eigenvalue weighted by Crippen LogP contribution is 2.15. The van der Waals surface area contributed by atoms with Gasteiger partial charge in [0.1, 0.15) is 17.8 Å².